The molecule has 0 bridgehead atoms. The molecular weight excluding hydrogens is 158 g/mol. The maximum atomic E-state index is 11.7. The van der Waals surface area contributed by atoms with E-state index in [0.717, 1.165) is 0 Å². The van der Waals surface area contributed by atoms with Crippen molar-refractivity contribution in [3.63, 3.8) is 0 Å². The summed E-state index contributed by atoms with van der Waals surface area (Å²) in [7, 11) is 0. The minimum absolute atomic E-state index is 0.126. The average Bonchev–Trinajstić information content (AvgIpc) is 1.87. The molecule has 0 saturated heterocycles. The molecule has 0 fully saturated rings. The molecule has 0 aliphatic carbocycles. The largest absolute Gasteiger partial charge is 0.480 e. The van der Waals surface area contributed by atoms with Crippen molar-refractivity contribution in [1.29, 1.82) is 0 Å². The second-order valence-electron chi connectivity index (χ2n) is 2.04. The van der Waals surface area contributed by atoms with Crippen molar-refractivity contribution in [2.45, 2.75) is 18.9 Å². The molecule has 4 nitrogen and oxygen atoms in total. The zero-order chi connectivity index (χ0) is 8.85. The summed E-state index contributed by atoms with van der Waals surface area (Å²) >= 11 is 0. The summed E-state index contributed by atoms with van der Waals surface area (Å²) in [5.74, 6) is -1.52. The first-order valence-electron chi connectivity index (χ1n) is 3.13. The van der Waals surface area contributed by atoms with Crippen LogP contribution < -0.4 is 5.73 Å². The Bertz CT molecular complexity index is 132. The van der Waals surface area contributed by atoms with E-state index in [1.54, 1.807) is 0 Å². The van der Waals surface area contributed by atoms with Gasteiger partial charge < -0.3 is 10.8 Å². The monoisotopic (exact) mass is 168 g/mol. The molecule has 3 N–H and O–H groups in total. The Balaban J connectivity index is 3.80. The fourth-order valence-corrected chi connectivity index (χ4v) is 0.616. The molecule has 66 valence electrons. The van der Waals surface area contributed by atoms with Crippen molar-refractivity contribution in [2.75, 3.05) is 6.54 Å². The third kappa shape index (κ3) is 3.84. The van der Waals surface area contributed by atoms with E-state index in [1.807, 2.05) is 0 Å². The van der Waals surface area contributed by atoms with Gasteiger partial charge in [0.05, 0.1) is 0 Å². The summed E-state index contributed by atoms with van der Waals surface area (Å²) in [6.45, 7) is 0.220. The van der Waals surface area contributed by atoms with Gasteiger partial charge in [0, 0.05) is 5.34 Å². The van der Waals surface area contributed by atoms with Gasteiger partial charge >= 0.3 is 5.97 Å². The van der Waals surface area contributed by atoms with Gasteiger partial charge in [-0.15, -0.1) is 8.96 Å². The molecule has 0 rings (SSSR count). The zero-order valence-electron chi connectivity index (χ0n) is 5.83. The van der Waals surface area contributed by atoms with Crippen LogP contribution in [-0.2, 0) is 4.79 Å². The smallest absolute Gasteiger partial charge is 0.326 e. The van der Waals surface area contributed by atoms with E-state index in [9.17, 15) is 13.8 Å². The number of hydrogen-bond acceptors (Lipinski definition) is 3. The van der Waals surface area contributed by atoms with E-state index in [4.69, 9.17) is 10.8 Å². The van der Waals surface area contributed by atoms with E-state index >= 15 is 0 Å². The Labute approximate surface area is 62.5 Å². The average molecular weight is 168 g/mol. The number of carboxylic acids is 1. The second-order valence-corrected chi connectivity index (χ2v) is 2.04. The van der Waals surface area contributed by atoms with Crippen LogP contribution in [0.3, 0.4) is 0 Å². The fraction of sp³-hybridized carbons (Fsp3) is 0.800. The van der Waals surface area contributed by atoms with Crippen LogP contribution in [0, 0.1) is 0 Å². The number of aliphatic carboxylic acids is 1. The predicted molar refractivity (Wildman–Crippen MR) is 33.8 cm³/mol. The predicted octanol–water partition coefficient (Wildman–Crippen LogP) is 0.249. The third-order valence-corrected chi connectivity index (χ3v) is 1.20. The van der Waals surface area contributed by atoms with Crippen LogP contribution in [0.5, 0.6) is 0 Å². The molecule has 0 heterocycles. The van der Waals surface area contributed by atoms with Crippen molar-refractivity contribution in [3.05, 3.63) is 0 Å². The van der Waals surface area contributed by atoms with Crippen LogP contribution in [0.4, 0.5) is 8.96 Å². The molecule has 0 saturated carbocycles. The summed E-state index contributed by atoms with van der Waals surface area (Å²) in [6.07, 6.45) is 0.153. The van der Waals surface area contributed by atoms with Gasteiger partial charge in [-0.1, -0.05) is 0 Å². The van der Waals surface area contributed by atoms with E-state index in [0.29, 0.717) is 0 Å². The molecule has 6 heteroatoms. The zero-order valence-corrected chi connectivity index (χ0v) is 5.83. The van der Waals surface area contributed by atoms with Crippen molar-refractivity contribution in [2.24, 2.45) is 5.73 Å². The van der Waals surface area contributed by atoms with Gasteiger partial charge in [0.2, 0.25) is 0 Å². The van der Waals surface area contributed by atoms with Gasteiger partial charge in [0.1, 0.15) is 0 Å². The maximum Gasteiger partial charge on any atom is 0.326 e. The topological polar surface area (TPSA) is 66.6 Å². The summed E-state index contributed by atoms with van der Waals surface area (Å²) < 4.78 is 23.4. The lowest BCUT2D eigenvalue weighted by molar-refractivity contribution is -0.202. The summed E-state index contributed by atoms with van der Waals surface area (Å²) in [5.41, 5.74) is 5.02. The molecule has 1 atom stereocenters. The number of hydrogen-bond donors (Lipinski definition) is 2. The van der Waals surface area contributed by atoms with Gasteiger partial charge in [-0.3, -0.25) is 4.79 Å². The van der Waals surface area contributed by atoms with E-state index in [1.165, 1.54) is 0 Å². The lowest BCUT2D eigenvalue weighted by Crippen LogP contribution is -2.31. The number of carboxylic acid groups (broad SMARTS) is 1. The lowest BCUT2D eigenvalue weighted by atomic mass is 10.2. The minimum Gasteiger partial charge on any atom is -0.480 e. The van der Waals surface area contributed by atoms with Crippen molar-refractivity contribution in [1.82, 2.24) is 5.34 Å². The highest BCUT2D eigenvalue weighted by Crippen LogP contribution is 2.07. The van der Waals surface area contributed by atoms with Gasteiger partial charge in [-0.2, -0.15) is 0 Å². The summed E-state index contributed by atoms with van der Waals surface area (Å²) in [5, 5.41) is 6.90. The first-order valence-corrected chi connectivity index (χ1v) is 3.13. The molecule has 0 spiro atoms. The molecule has 0 aromatic heterocycles. The van der Waals surface area contributed by atoms with Crippen molar-refractivity contribution >= 4 is 5.97 Å². The molecule has 0 radical (unpaired) electrons. The van der Waals surface area contributed by atoms with Crippen LogP contribution in [0.2, 0.25) is 0 Å². The Hall–Kier alpha value is -0.750. The molecule has 0 aliphatic rings. The summed E-state index contributed by atoms with van der Waals surface area (Å²) in [6, 6.07) is -1.72. The van der Waals surface area contributed by atoms with Crippen LogP contribution >= 0.6 is 0 Å². The molecular formula is C5H10F2N2O2. The molecule has 0 aromatic rings. The lowest BCUT2D eigenvalue weighted by Gasteiger charge is -2.10. The maximum absolute atomic E-state index is 11.7. The van der Waals surface area contributed by atoms with E-state index in [2.05, 4.69) is 0 Å². The molecule has 0 aliphatic heterocycles. The number of rotatable bonds is 5. The highest BCUT2D eigenvalue weighted by molar-refractivity contribution is 5.72. The van der Waals surface area contributed by atoms with Crippen LogP contribution in [0.15, 0.2) is 0 Å². The molecule has 11 heavy (non-hydrogen) atoms. The molecule has 0 amide bonds. The minimum atomic E-state index is -1.72. The Morgan fingerprint density at radius 3 is 2.45 bits per heavy atom. The van der Waals surface area contributed by atoms with Crippen molar-refractivity contribution < 1.29 is 18.9 Å². The third-order valence-electron chi connectivity index (χ3n) is 1.20. The Morgan fingerprint density at radius 2 is 2.18 bits per heavy atom. The number of nitrogens with two attached hydrogens (primary N) is 1. The van der Waals surface area contributed by atoms with E-state index in [-0.39, 0.29) is 19.4 Å². The summed E-state index contributed by atoms with van der Waals surface area (Å²) in [4.78, 5) is 10.1. The number of carbonyl (C=O) groups is 1. The normalized spacial score (nSPS) is 13.5. The van der Waals surface area contributed by atoms with Crippen LogP contribution in [0.25, 0.3) is 0 Å². The SMILES string of the molecule is NCCC[C@@H](C(=O)O)N(F)F. The first-order chi connectivity index (χ1) is 5.09. The van der Waals surface area contributed by atoms with Crippen LogP contribution in [-0.4, -0.2) is 29.0 Å². The van der Waals surface area contributed by atoms with Gasteiger partial charge in [-0.25, -0.2) is 0 Å². The highest BCUT2D eigenvalue weighted by Gasteiger charge is 2.25. The highest BCUT2D eigenvalue weighted by atomic mass is 19.4. The first kappa shape index (κ1) is 10.2. The quantitative estimate of drug-likeness (QED) is 0.577. The number of halogens is 2. The number of nitrogens with zero attached hydrogens (tertiary/aromatic N) is 1. The standard InChI is InChI=1S/C5H10F2N2O2/c6-9(7)4(5(10)11)2-1-3-8/h4H,1-3,8H2,(H,10,11)/t4-/m0/s1. The van der Waals surface area contributed by atoms with E-state index < -0.39 is 17.4 Å². The molecule has 0 unspecified atom stereocenters. The van der Waals surface area contributed by atoms with Gasteiger partial charge in [-0.05, 0) is 19.4 Å². The second kappa shape index (κ2) is 4.97. The Kier molecular flexibility index (Phi) is 4.64. The molecule has 0 aromatic carbocycles. The Morgan fingerprint density at radius 1 is 1.64 bits per heavy atom. The fourth-order valence-electron chi connectivity index (χ4n) is 0.616. The van der Waals surface area contributed by atoms with Crippen molar-refractivity contribution in [3.8, 4) is 0 Å². The van der Waals surface area contributed by atoms with Gasteiger partial charge in [0.15, 0.2) is 6.04 Å². The van der Waals surface area contributed by atoms with Crippen LogP contribution in [0.1, 0.15) is 12.8 Å². The van der Waals surface area contributed by atoms with Gasteiger partial charge in [0.25, 0.3) is 0 Å².